The molecule has 0 spiro atoms. The van der Waals surface area contributed by atoms with Gasteiger partial charge in [0, 0.05) is 25.0 Å². The molecule has 2 aromatic carbocycles. The van der Waals surface area contributed by atoms with Crippen LogP contribution in [-0.2, 0) is 22.6 Å². The average molecular weight is 399 g/mol. The molecule has 0 N–H and O–H groups in total. The van der Waals surface area contributed by atoms with Crippen LogP contribution in [0.2, 0.25) is 0 Å². The minimum absolute atomic E-state index is 0.00267. The fraction of sp³-hybridized carbons (Fsp3) is 0.458. The summed E-state index contributed by atoms with van der Waals surface area (Å²) in [6.07, 6.45) is 1.57. The Bertz CT molecular complexity index is 935. The molecule has 3 atom stereocenters. The third-order valence-electron chi connectivity index (χ3n) is 5.97. The van der Waals surface area contributed by atoms with Crippen molar-refractivity contribution in [1.82, 2.24) is 4.90 Å². The normalized spacial score (nSPS) is 22.6. The van der Waals surface area contributed by atoms with Gasteiger partial charge in [-0.1, -0.05) is 12.1 Å². The lowest BCUT2D eigenvalue weighted by atomic mass is 9.73. The molecule has 3 nitrogen and oxygen atoms in total. The number of fused-ring (bicyclic) bond motifs is 6. The minimum atomic E-state index is -0.510. The topological polar surface area (TPSA) is 29.5 Å². The van der Waals surface area contributed by atoms with E-state index in [0.29, 0.717) is 19.7 Å². The van der Waals surface area contributed by atoms with E-state index in [0.717, 1.165) is 35.1 Å². The van der Waals surface area contributed by atoms with E-state index >= 15 is 0 Å². The van der Waals surface area contributed by atoms with Gasteiger partial charge in [0.1, 0.15) is 11.6 Å². The van der Waals surface area contributed by atoms with Gasteiger partial charge < -0.3 is 4.74 Å². The van der Waals surface area contributed by atoms with Crippen molar-refractivity contribution in [3.63, 3.8) is 0 Å². The van der Waals surface area contributed by atoms with Gasteiger partial charge in [-0.2, -0.15) is 0 Å². The van der Waals surface area contributed by atoms with Crippen molar-refractivity contribution >= 4 is 5.97 Å². The molecule has 2 heterocycles. The first-order valence-corrected chi connectivity index (χ1v) is 10.2. The van der Waals surface area contributed by atoms with Crippen LogP contribution in [0.4, 0.5) is 8.78 Å². The van der Waals surface area contributed by atoms with Gasteiger partial charge in [0.15, 0.2) is 0 Å². The molecule has 0 radical (unpaired) electrons. The van der Waals surface area contributed by atoms with Crippen LogP contribution in [0, 0.1) is 17.0 Å². The summed E-state index contributed by atoms with van der Waals surface area (Å²) < 4.78 is 33.3. The minimum Gasteiger partial charge on any atom is -0.465 e. The largest absolute Gasteiger partial charge is 0.465 e. The smallest absolute Gasteiger partial charge is 0.311 e. The molecule has 2 aliphatic rings. The molecule has 29 heavy (non-hydrogen) atoms. The molecule has 5 heteroatoms. The maximum absolute atomic E-state index is 14.1. The molecular formula is C24H27F2NO2. The monoisotopic (exact) mass is 399 g/mol. The van der Waals surface area contributed by atoms with Crippen molar-refractivity contribution in [2.75, 3.05) is 6.61 Å². The van der Waals surface area contributed by atoms with Crippen molar-refractivity contribution in [3.8, 4) is 0 Å². The number of esters is 1. The number of carbonyl (C=O) groups excluding carboxylic acids is 1. The Kier molecular flexibility index (Phi) is 5.19. The number of carbonyl (C=O) groups is 1. The highest BCUT2D eigenvalue weighted by molar-refractivity contribution is 5.75. The van der Waals surface area contributed by atoms with Crippen molar-refractivity contribution in [1.29, 1.82) is 0 Å². The van der Waals surface area contributed by atoms with Crippen molar-refractivity contribution < 1.29 is 18.3 Å². The van der Waals surface area contributed by atoms with Gasteiger partial charge >= 0.3 is 5.97 Å². The van der Waals surface area contributed by atoms with E-state index in [2.05, 4.69) is 4.90 Å². The Morgan fingerprint density at radius 1 is 1.03 bits per heavy atom. The van der Waals surface area contributed by atoms with Crippen molar-refractivity contribution in [2.45, 2.75) is 58.7 Å². The van der Waals surface area contributed by atoms with E-state index in [1.165, 1.54) is 12.1 Å². The van der Waals surface area contributed by atoms with E-state index in [-0.39, 0.29) is 29.6 Å². The zero-order chi connectivity index (χ0) is 20.8. The van der Waals surface area contributed by atoms with E-state index < -0.39 is 5.41 Å². The summed E-state index contributed by atoms with van der Waals surface area (Å²) in [4.78, 5) is 14.3. The van der Waals surface area contributed by atoms with Crippen LogP contribution < -0.4 is 0 Å². The molecule has 4 rings (SSSR count). The quantitative estimate of drug-likeness (QED) is 0.525. The molecule has 2 aliphatic heterocycles. The maximum atomic E-state index is 14.1. The van der Waals surface area contributed by atoms with E-state index in [9.17, 15) is 13.6 Å². The molecule has 0 fully saturated rings. The summed E-state index contributed by atoms with van der Waals surface area (Å²) in [7, 11) is 0. The lowest BCUT2D eigenvalue weighted by Gasteiger charge is -2.47. The van der Waals surface area contributed by atoms with Crippen LogP contribution in [0.1, 0.15) is 61.8 Å². The Morgan fingerprint density at radius 3 is 2.48 bits per heavy atom. The fourth-order valence-corrected chi connectivity index (χ4v) is 4.56. The van der Waals surface area contributed by atoms with Crippen LogP contribution in [0.15, 0.2) is 36.4 Å². The summed E-state index contributed by atoms with van der Waals surface area (Å²) in [5.41, 5.74) is 3.66. The number of hydrogen-bond acceptors (Lipinski definition) is 3. The highest BCUT2D eigenvalue weighted by Crippen LogP contribution is 2.45. The highest BCUT2D eigenvalue weighted by Gasteiger charge is 2.40. The van der Waals surface area contributed by atoms with Gasteiger partial charge in [-0.05, 0) is 80.1 Å². The summed E-state index contributed by atoms with van der Waals surface area (Å²) in [6.45, 7) is 7.29. The van der Waals surface area contributed by atoms with Gasteiger partial charge in [0.2, 0.25) is 0 Å². The molecule has 0 aliphatic carbocycles. The molecule has 154 valence electrons. The Morgan fingerprint density at radius 2 is 1.72 bits per heavy atom. The number of nitrogens with zero attached hydrogens (tertiary/aromatic N) is 1. The SMILES string of the molecule is CC(C)(C)C(=O)OCCC[C@H]1[C@@H]2c3ccc(F)cc3CN1Cc1ccc(F)cc12. The van der Waals surface area contributed by atoms with Crippen LogP contribution >= 0.6 is 0 Å². The summed E-state index contributed by atoms with van der Waals surface area (Å²) in [5.74, 6) is -0.689. The van der Waals surface area contributed by atoms with Crippen LogP contribution in [0.5, 0.6) is 0 Å². The van der Waals surface area contributed by atoms with Crippen molar-refractivity contribution in [3.05, 3.63) is 70.3 Å². The summed E-state index contributed by atoms with van der Waals surface area (Å²) in [5, 5.41) is 0. The second-order valence-corrected chi connectivity index (χ2v) is 9.16. The first-order chi connectivity index (χ1) is 13.7. The lowest BCUT2D eigenvalue weighted by Crippen LogP contribution is -2.47. The molecule has 0 saturated heterocycles. The molecule has 0 saturated carbocycles. The number of hydrogen-bond donors (Lipinski definition) is 0. The third-order valence-corrected chi connectivity index (χ3v) is 5.97. The second kappa shape index (κ2) is 7.52. The zero-order valence-corrected chi connectivity index (χ0v) is 17.2. The standard InChI is InChI=1S/C24H27F2NO2/c1-24(2,3)23(28)29-10-4-5-21-22-19-9-8-17(25)11-16(19)14-27(21)13-15-6-7-18(26)12-20(15)22/h6-9,11-12,21-22H,4-5,10,13-14H2,1-3H3/t21-,22+/m0/s1. The first kappa shape index (κ1) is 20.0. The maximum Gasteiger partial charge on any atom is 0.311 e. The number of halogens is 2. The summed E-state index contributed by atoms with van der Waals surface area (Å²) >= 11 is 0. The Hall–Kier alpha value is -2.27. The predicted octanol–water partition coefficient (Wildman–Crippen LogP) is 5.16. The molecule has 1 unspecified atom stereocenters. The van der Waals surface area contributed by atoms with Gasteiger partial charge in [0.25, 0.3) is 0 Å². The Labute approximate surface area is 170 Å². The number of benzene rings is 2. The molecular weight excluding hydrogens is 372 g/mol. The molecule has 0 aromatic heterocycles. The highest BCUT2D eigenvalue weighted by atomic mass is 19.1. The van der Waals surface area contributed by atoms with Crippen molar-refractivity contribution in [2.24, 2.45) is 5.41 Å². The molecule has 2 bridgehead atoms. The number of ether oxygens (including phenoxy) is 1. The zero-order valence-electron chi connectivity index (χ0n) is 17.2. The average Bonchev–Trinajstić information content (AvgIpc) is 2.64. The van der Waals surface area contributed by atoms with E-state index in [4.69, 9.17) is 4.74 Å². The predicted molar refractivity (Wildman–Crippen MR) is 107 cm³/mol. The summed E-state index contributed by atoms with van der Waals surface area (Å²) in [6, 6.07) is 10.1. The van der Waals surface area contributed by atoms with E-state index in [1.54, 1.807) is 12.1 Å². The second-order valence-electron chi connectivity index (χ2n) is 9.16. The van der Waals surface area contributed by atoms with Gasteiger partial charge in [-0.15, -0.1) is 0 Å². The van der Waals surface area contributed by atoms with E-state index in [1.807, 2.05) is 32.9 Å². The Balaban J connectivity index is 1.58. The number of rotatable bonds is 4. The first-order valence-electron chi connectivity index (χ1n) is 10.2. The lowest BCUT2D eigenvalue weighted by molar-refractivity contribution is -0.153. The van der Waals surface area contributed by atoms with Gasteiger partial charge in [0.05, 0.1) is 12.0 Å². The third kappa shape index (κ3) is 3.93. The van der Waals surface area contributed by atoms with Gasteiger partial charge in [-0.3, -0.25) is 9.69 Å². The van der Waals surface area contributed by atoms with Crippen LogP contribution in [-0.4, -0.2) is 23.5 Å². The molecule has 0 amide bonds. The van der Waals surface area contributed by atoms with Crippen LogP contribution in [0.25, 0.3) is 0 Å². The molecule has 2 aromatic rings. The van der Waals surface area contributed by atoms with Crippen LogP contribution in [0.3, 0.4) is 0 Å². The fourth-order valence-electron chi connectivity index (χ4n) is 4.56. The van der Waals surface area contributed by atoms with Gasteiger partial charge in [-0.25, -0.2) is 8.78 Å².